The lowest BCUT2D eigenvalue weighted by Crippen LogP contribution is -2.38. The number of benzene rings is 1. The summed E-state index contributed by atoms with van der Waals surface area (Å²) in [7, 11) is 1.64. The van der Waals surface area contributed by atoms with Crippen LogP contribution in [-0.2, 0) is 0 Å². The van der Waals surface area contributed by atoms with Gasteiger partial charge in [0.25, 0.3) is 5.91 Å². The van der Waals surface area contributed by atoms with Gasteiger partial charge in [-0.15, -0.1) is 0 Å². The summed E-state index contributed by atoms with van der Waals surface area (Å²) in [6.45, 7) is 1.46. The highest BCUT2D eigenvalue weighted by Crippen LogP contribution is 2.32. The molecule has 1 aliphatic heterocycles. The Hall–Kier alpha value is -3.61. The standard InChI is InChI=1S/C23H23N5O2/c1-30-18-6-4-17(5-7-18)28-14-10-21(26-28)23(29)27-12-8-16(9-13-27)20-15-25-22-19(20)3-2-11-24-22/h2-7,10-11,14-16H,8-9,12-13H2,1H3,(H,24,25). The van der Waals surface area contributed by atoms with E-state index >= 15 is 0 Å². The van der Waals surface area contributed by atoms with Crippen LogP contribution in [0.5, 0.6) is 5.75 Å². The number of hydrogen-bond acceptors (Lipinski definition) is 4. The largest absolute Gasteiger partial charge is 0.497 e. The molecule has 30 heavy (non-hydrogen) atoms. The Kier molecular flexibility index (Phi) is 4.71. The molecule has 0 aliphatic carbocycles. The van der Waals surface area contributed by atoms with Crippen LogP contribution >= 0.6 is 0 Å². The van der Waals surface area contributed by atoms with Crippen molar-refractivity contribution in [1.82, 2.24) is 24.6 Å². The average Bonchev–Trinajstić information content (AvgIpc) is 3.47. The number of aromatic amines is 1. The van der Waals surface area contributed by atoms with Gasteiger partial charge in [0, 0.05) is 37.1 Å². The van der Waals surface area contributed by atoms with Crippen molar-refractivity contribution >= 4 is 16.9 Å². The molecule has 1 saturated heterocycles. The molecule has 1 aliphatic rings. The Morgan fingerprint density at radius 1 is 1.13 bits per heavy atom. The highest BCUT2D eigenvalue weighted by Gasteiger charge is 2.27. The number of fused-ring (bicyclic) bond motifs is 1. The third kappa shape index (κ3) is 3.32. The minimum Gasteiger partial charge on any atom is -0.497 e. The number of ether oxygens (including phenoxy) is 1. The van der Waals surface area contributed by atoms with Crippen molar-refractivity contribution in [2.24, 2.45) is 0 Å². The molecule has 0 unspecified atom stereocenters. The lowest BCUT2D eigenvalue weighted by molar-refractivity contribution is 0.0707. The van der Waals surface area contributed by atoms with Gasteiger partial charge in [-0.3, -0.25) is 4.79 Å². The van der Waals surface area contributed by atoms with E-state index in [1.165, 1.54) is 10.9 Å². The molecule has 1 fully saturated rings. The number of carbonyl (C=O) groups is 1. The molecule has 0 bridgehead atoms. The quantitative estimate of drug-likeness (QED) is 0.565. The molecule has 4 heterocycles. The van der Waals surface area contributed by atoms with Crippen LogP contribution in [0.15, 0.2) is 61.1 Å². The van der Waals surface area contributed by atoms with Gasteiger partial charge >= 0.3 is 0 Å². The van der Waals surface area contributed by atoms with E-state index in [1.807, 2.05) is 41.4 Å². The maximum atomic E-state index is 13.0. The third-order valence-corrected chi connectivity index (χ3v) is 5.85. The smallest absolute Gasteiger partial charge is 0.274 e. The number of amides is 1. The lowest BCUT2D eigenvalue weighted by Gasteiger charge is -2.31. The fourth-order valence-corrected chi connectivity index (χ4v) is 4.19. The molecule has 3 aromatic heterocycles. The molecule has 1 amide bonds. The third-order valence-electron chi connectivity index (χ3n) is 5.85. The number of piperidine rings is 1. The van der Waals surface area contributed by atoms with E-state index in [2.05, 4.69) is 27.3 Å². The highest BCUT2D eigenvalue weighted by molar-refractivity contribution is 5.92. The fraction of sp³-hybridized carbons (Fsp3) is 0.261. The highest BCUT2D eigenvalue weighted by atomic mass is 16.5. The van der Waals surface area contributed by atoms with Crippen LogP contribution in [0.4, 0.5) is 0 Å². The van der Waals surface area contributed by atoms with Gasteiger partial charge in [0.15, 0.2) is 5.69 Å². The van der Waals surface area contributed by atoms with Gasteiger partial charge in [-0.1, -0.05) is 0 Å². The normalized spacial score (nSPS) is 14.9. The van der Waals surface area contributed by atoms with E-state index < -0.39 is 0 Å². The first-order valence-electron chi connectivity index (χ1n) is 10.1. The summed E-state index contributed by atoms with van der Waals surface area (Å²) in [5, 5.41) is 5.67. The second-order valence-corrected chi connectivity index (χ2v) is 7.55. The summed E-state index contributed by atoms with van der Waals surface area (Å²) in [6.07, 6.45) is 7.56. The molecule has 7 nitrogen and oxygen atoms in total. The minimum atomic E-state index is -0.0127. The first-order chi connectivity index (χ1) is 14.7. The topological polar surface area (TPSA) is 76.0 Å². The van der Waals surface area contributed by atoms with E-state index in [1.54, 1.807) is 24.1 Å². The first kappa shape index (κ1) is 18.4. The molecule has 4 aromatic rings. The SMILES string of the molecule is COc1ccc(-n2ccc(C(=O)N3CCC(c4c[nH]c5ncccc45)CC3)n2)cc1. The van der Waals surface area contributed by atoms with Crippen molar-refractivity contribution < 1.29 is 9.53 Å². The van der Waals surface area contributed by atoms with Crippen molar-refractivity contribution in [3.63, 3.8) is 0 Å². The predicted octanol–water partition coefficient (Wildman–Crippen LogP) is 3.78. The molecule has 152 valence electrons. The van der Waals surface area contributed by atoms with Crippen LogP contribution in [0.3, 0.4) is 0 Å². The predicted molar refractivity (Wildman–Crippen MR) is 114 cm³/mol. The van der Waals surface area contributed by atoms with Gasteiger partial charge in [0.2, 0.25) is 0 Å². The zero-order valence-electron chi connectivity index (χ0n) is 16.8. The summed E-state index contributed by atoms with van der Waals surface area (Å²) in [5.41, 5.74) is 3.59. The van der Waals surface area contributed by atoms with Crippen molar-refractivity contribution in [3.8, 4) is 11.4 Å². The number of nitrogens with one attached hydrogen (secondary N) is 1. The minimum absolute atomic E-state index is 0.0127. The van der Waals surface area contributed by atoms with E-state index in [9.17, 15) is 4.79 Å². The fourth-order valence-electron chi connectivity index (χ4n) is 4.19. The number of nitrogens with zero attached hydrogens (tertiary/aromatic N) is 4. The van der Waals surface area contributed by atoms with Crippen molar-refractivity contribution in [2.45, 2.75) is 18.8 Å². The van der Waals surface area contributed by atoms with E-state index in [0.717, 1.165) is 43.0 Å². The van der Waals surface area contributed by atoms with Crippen LogP contribution in [0.2, 0.25) is 0 Å². The Balaban J connectivity index is 1.26. The van der Waals surface area contributed by atoms with Gasteiger partial charge in [0.1, 0.15) is 11.4 Å². The van der Waals surface area contributed by atoms with E-state index in [0.29, 0.717) is 11.6 Å². The summed E-state index contributed by atoms with van der Waals surface area (Å²) in [6, 6.07) is 13.5. The zero-order chi connectivity index (χ0) is 20.5. The summed E-state index contributed by atoms with van der Waals surface area (Å²) >= 11 is 0. The van der Waals surface area contributed by atoms with Crippen molar-refractivity contribution in [1.29, 1.82) is 0 Å². The molecule has 0 spiro atoms. The summed E-state index contributed by atoms with van der Waals surface area (Å²) < 4.78 is 6.91. The maximum Gasteiger partial charge on any atom is 0.274 e. The summed E-state index contributed by atoms with van der Waals surface area (Å²) in [5.74, 6) is 1.21. The number of likely N-dealkylation sites (tertiary alicyclic amines) is 1. The maximum absolute atomic E-state index is 13.0. The Bertz CT molecular complexity index is 1170. The van der Waals surface area contributed by atoms with Crippen molar-refractivity contribution in [2.75, 3.05) is 20.2 Å². The Morgan fingerprint density at radius 3 is 2.70 bits per heavy atom. The number of aromatic nitrogens is 4. The number of carbonyl (C=O) groups excluding carboxylic acids is 1. The monoisotopic (exact) mass is 401 g/mol. The molecule has 7 heteroatoms. The van der Waals surface area contributed by atoms with Crippen LogP contribution in [-0.4, -0.2) is 50.8 Å². The molecule has 1 aromatic carbocycles. The van der Waals surface area contributed by atoms with Crippen LogP contribution in [0.1, 0.15) is 34.8 Å². The van der Waals surface area contributed by atoms with E-state index in [-0.39, 0.29) is 5.91 Å². The van der Waals surface area contributed by atoms with Crippen LogP contribution in [0.25, 0.3) is 16.7 Å². The Morgan fingerprint density at radius 2 is 1.93 bits per heavy atom. The molecule has 0 radical (unpaired) electrons. The molecular weight excluding hydrogens is 378 g/mol. The van der Waals surface area contributed by atoms with Crippen LogP contribution in [0, 0.1) is 0 Å². The summed E-state index contributed by atoms with van der Waals surface area (Å²) in [4.78, 5) is 22.5. The second kappa shape index (κ2) is 7.67. The first-order valence-corrected chi connectivity index (χ1v) is 10.1. The average molecular weight is 401 g/mol. The lowest BCUT2D eigenvalue weighted by atomic mass is 9.89. The van der Waals surface area contributed by atoms with Crippen LogP contribution < -0.4 is 4.74 Å². The molecule has 5 rings (SSSR count). The van der Waals surface area contributed by atoms with Gasteiger partial charge in [0.05, 0.1) is 12.8 Å². The number of methoxy groups -OCH3 is 1. The van der Waals surface area contributed by atoms with Gasteiger partial charge in [-0.05, 0) is 66.8 Å². The van der Waals surface area contributed by atoms with Gasteiger partial charge < -0.3 is 14.6 Å². The zero-order valence-corrected chi connectivity index (χ0v) is 16.8. The number of hydrogen-bond donors (Lipinski definition) is 1. The number of H-pyrrole nitrogens is 1. The number of pyridine rings is 1. The molecule has 1 N–H and O–H groups in total. The van der Waals surface area contributed by atoms with E-state index in [4.69, 9.17) is 4.74 Å². The second-order valence-electron chi connectivity index (χ2n) is 7.55. The van der Waals surface area contributed by atoms with Gasteiger partial charge in [-0.25, -0.2) is 9.67 Å². The molecular formula is C23H23N5O2. The molecule has 0 atom stereocenters. The molecule has 0 saturated carbocycles. The van der Waals surface area contributed by atoms with Crippen molar-refractivity contribution in [3.05, 3.63) is 72.3 Å². The van der Waals surface area contributed by atoms with Gasteiger partial charge in [-0.2, -0.15) is 5.10 Å². The Labute approximate surface area is 174 Å². The number of rotatable bonds is 4.